The molecule has 0 aliphatic heterocycles. The molecule has 0 aliphatic rings. The fourth-order valence-electron chi connectivity index (χ4n) is 1.48. The van der Waals surface area contributed by atoms with Crippen molar-refractivity contribution in [1.29, 1.82) is 5.26 Å². The Morgan fingerprint density at radius 1 is 1.38 bits per heavy atom. The summed E-state index contributed by atoms with van der Waals surface area (Å²) in [6, 6.07) is 12.0. The Labute approximate surface area is 99.2 Å². The summed E-state index contributed by atoms with van der Waals surface area (Å²) in [5.41, 5.74) is 2.89. The van der Waals surface area contributed by atoms with Crippen LogP contribution in [0.4, 0.5) is 5.69 Å². The molecule has 0 atom stereocenters. The van der Waals surface area contributed by atoms with Gasteiger partial charge in [0.25, 0.3) is 0 Å². The summed E-state index contributed by atoms with van der Waals surface area (Å²) in [6.07, 6.45) is 0. The summed E-state index contributed by atoms with van der Waals surface area (Å²) in [5, 5.41) is 14.2. The van der Waals surface area contributed by atoms with Crippen molar-refractivity contribution in [1.82, 2.24) is 0 Å². The molecular weight excluding hydrogens is 216 g/mol. The molecule has 80 valence electrons. The van der Waals surface area contributed by atoms with Gasteiger partial charge in [-0.05, 0) is 36.1 Å². The monoisotopic (exact) mass is 228 g/mol. The van der Waals surface area contributed by atoms with Crippen LogP contribution in [-0.4, -0.2) is 0 Å². The summed E-state index contributed by atoms with van der Waals surface area (Å²) in [4.78, 5) is 1.29. The van der Waals surface area contributed by atoms with Crippen LogP contribution in [0, 0.1) is 18.3 Å². The largest absolute Gasteiger partial charge is 0.380 e. The SMILES string of the molecule is Cc1ccc(C#N)cc1NCc1cccs1. The molecule has 0 unspecified atom stereocenters. The lowest BCUT2D eigenvalue weighted by molar-refractivity contribution is 1.18. The van der Waals surface area contributed by atoms with Gasteiger partial charge in [0.05, 0.1) is 11.6 Å². The van der Waals surface area contributed by atoms with Gasteiger partial charge in [0.1, 0.15) is 0 Å². The predicted octanol–water partition coefficient (Wildman–Crippen LogP) is 3.54. The van der Waals surface area contributed by atoms with Crippen molar-refractivity contribution < 1.29 is 0 Å². The quantitative estimate of drug-likeness (QED) is 0.872. The van der Waals surface area contributed by atoms with Crippen LogP contribution in [0.5, 0.6) is 0 Å². The number of nitriles is 1. The van der Waals surface area contributed by atoms with E-state index in [9.17, 15) is 0 Å². The summed E-state index contributed by atoms with van der Waals surface area (Å²) in [6.45, 7) is 2.85. The highest BCUT2D eigenvalue weighted by atomic mass is 32.1. The first-order chi connectivity index (χ1) is 7.79. The van der Waals surface area contributed by atoms with Crippen LogP contribution in [0.25, 0.3) is 0 Å². The molecule has 0 radical (unpaired) electrons. The van der Waals surface area contributed by atoms with Gasteiger partial charge in [0, 0.05) is 17.1 Å². The van der Waals surface area contributed by atoms with Crippen LogP contribution in [0.15, 0.2) is 35.7 Å². The zero-order chi connectivity index (χ0) is 11.4. The number of anilines is 1. The molecule has 2 nitrogen and oxygen atoms in total. The third kappa shape index (κ3) is 2.41. The average molecular weight is 228 g/mol. The van der Waals surface area contributed by atoms with Gasteiger partial charge in [-0.1, -0.05) is 12.1 Å². The van der Waals surface area contributed by atoms with E-state index in [0.29, 0.717) is 5.56 Å². The van der Waals surface area contributed by atoms with E-state index >= 15 is 0 Å². The number of aryl methyl sites for hydroxylation is 1. The smallest absolute Gasteiger partial charge is 0.0992 e. The molecule has 0 bridgehead atoms. The van der Waals surface area contributed by atoms with Gasteiger partial charge in [0.15, 0.2) is 0 Å². The van der Waals surface area contributed by atoms with Crippen LogP contribution in [0.1, 0.15) is 16.0 Å². The van der Waals surface area contributed by atoms with Crippen LogP contribution in [-0.2, 0) is 6.54 Å². The predicted molar refractivity (Wildman–Crippen MR) is 67.5 cm³/mol. The summed E-state index contributed by atoms with van der Waals surface area (Å²) < 4.78 is 0. The summed E-state index contributed by atoms with van der Waals surface area (Å²) in [7, 11) is 0. The van der Waals surface area contributed by atoms with E-state index in [0.717, 1.165) is 17.8 Å². The third-order valence-electron chi connectivity index (χ3n) is 2.40. The number of benzene rings is 1. The van der Waals surface area contributed by atoms with Crippen molar-refractivity contribution in [2.75, 3.05) is 5.32 Å². The second-order valence-electron chi connectivity index (χ2n) is 3.57. The molecule has 1 heterocycles. The Kier molecular flexibility index (Phi) is 3.23. The Morgan fingerprint density at radius 3 is 2.94 bits per heavy atom. The molecule has 0 saturated carbocycles. The van der Waals surface area contributed by atoms with Crippen molar-refractivity contribution in [3.05, 3.63) is 51.7 Å². The van der Waals surface area contributed by atoms with E-state index in [-0.39, 0.29) is 0 Å². The maximum Gasteiger partial charge on any atom is 0.0992 e. The topological polar surface area (TPSA) is 35.8 Å². The number of hydrogen-bond acceptors (Lipinski definition) is 3. The minimum absolute atomic E-state index is 0.694. The lowest BCUT2D eigenvalue weighted by Crippen LogP contribution is -1.99. The Hall–Kier alpha value is -1.79. The minimum atomic E-state index is 0.694. The number of rotatable bonds is 3. The van der Waals surface area contributed by atoms with Crippen molar-refractivity contribution in [3.63, 3.8) is 0 Å². The van der Waals surface area contributed by atoms with Gasteiger partial charge in [-0.3, -0.25) is 0 Å². The van der Waals surface area contributed by atoms with E-state index in [1.807, 2.05) is 31.2 Å². The molecule has 3 heteroatoms. The Morgan fingerprint density at radius 2 is 2.25 bits per heavy atom. The molecular formula is C13H12N2S. The highest BCUT2D eigenvalue weighted by Gasteiger charge is 2.00. The Balaban J connectivity index is 2.12. The van der Waals surface area contributed by atoms with E-state index in [1.165, 1.54) is 4.88 Å². The van der Waals surface area contributed by atoms with Crippen LogP contribution in [0.2, 0.25) is 0 Å². The van der Waals surface area contributed by atoms with E-state index in [2.05, 4.69) is 22.8 Å². The molecule has 0 saturated heterocycles. The van der Waals surface area contributed by atoms with E-state index in [4.69, 9.17) is 5.26 Å². The van der Waals surface area contributed by atoms with E-state index < -0.39 is 0 Å². The summed E-state index contributed by atoms with van der Waals surface area (Å²) >= 11 is 1.73. The fraction of sp³-hybridized carbons (Fsp3) is 0.154. The minimum Gasteiger partial charge on any atom is -0.380 e. The fourth-order valence-corrected chi connectivity index (χ4v) is 2.12. The first-order valence-corrected chi connectivity index (χ1v) is 5.94. The zero-order valence-electron chi connectivity index (χ0n) is 9.03. The Bertz CT molecular complexity index is 509. The lowest BCUT2D eigenvalue weighted by Gasteiger charge is -2.08. The second-order valence-corrected chi connectivity index (χ2v) is 4.61. The molecule has 1 N–H and O–H groups in total. The van der Waals surface area contributed by atoms with Crippen molar-refractivity contribution in [3.8, 4) is 6.07 Å². The van der Waals surface area contributed by atoms with Gasteiger partial charge in [-0.15, -0.1) is 11.3 Å². The number of thiophene rings is 1. The first kappa shape index (κ1) is 10.7. The van der Waals surface area contributed by atoms with Gasteiger partial charge >= 0.3 is 0 Å². The lowest BCUT2D eigenvalue weighted by atomic mass is 10.1. The first-order valence-electron chi connectivity index (χ1n) is 5.06. The number of hydrogen-bond donors (Lipinski definition) is 1. The zero-order valence-corrected chi connectivity index (χ0v) is 9.84. The van der Waals surface area contributed by atoms with Crippen molar-refractivity contribution in [2.45, 2.75) is 13.5 Å². The van der Waals surface area contributed by atoms with Gasteiger partial charge in [0.2, 0.25) is 0 Å². The standard InChI is InChI=1S/C13H12N2S/c1-10-4-5-11(8-14)7-13(10)15-9-12-3-2-6-16-12/h2-7,15H,9H2,1H3. The molecule has 0 amide bonds. The average Bonchev–Trinajstić information content (AvgIpc) is 2.81. The second kappa shape index (κ2) is 4.82. The molecule has 0 aliphatic carbocycles. The van der Waals surface area contributed by atoms with Gasteiger partial charge in [-0.2, -0.15) is 5.26 Å². The summed E-state index contributed by atoms with van der Waals surface area (Å²) in [5.74, 6) is 0. The molecule has 2 aromatic rings. The highest BCUT2D eigenvalue weighted by Crippen LogP contribution is 2.18. The molecule has 0 fully saturated rings. The normalized spacial score (nSPS) is 9.75. The maximum atomic E-state index is 8.83. The van der Waals surface area contributed by atoms with Crippen LogP contribution < -0.4 is 5.32 Å². The van der Waals surface area contributed by atoms with Crippen molar-refractivity contribution in [2.24, 2.45) is 0 Å². The maximum absolute atomic E-state index is 8.83. The molecule has 1 aromatic carbocycles. The third-order valence-corrected chi connectivity index (χ3v) is 3.28. The number of nitrogens with zero attached hydrogens (tertiary/aromatic N) is 1. The molecule has 2 rings (SSSR count). The number of nitrogens with one attached hydrogen (secondary N) is 1. The molecule has 0 spiro atoms. The molecule has 16 heavy (non-hydrogen) atoms. The van der Waals surface area contributed by atoms with E-state index in [1.54, 1.807) is 11.3 Å². The van der Waals surface area contributed by atoms with Gasteiger partial charge in [-0.25, -0.2) is 0 Å². The van der Waals surface area contributed by atoms with Gasteiger partial charge < -0.3 is 5.32 Å². The van der Waals surface area contributed by atoms with Crippen LogP contribution in [0.3, 0.4) is 0 Å². The van der Waals surface area contributed by atoms with Crippen LogP contribution >= 0.6 is 11.3 Å². The molecule has 1 aromatic heterocycles. The highest BCUT2D eigenvalue weighted by molar-refractivity contribution is 7.09. The van der Waals surface area contributed by atoms with Crippen molar-refractivity contribution >= 4 is 17.0 Å².